The predicted octanol–water partition coefficient (Wildman–Crippen LogP) is 28.3. The summed E-state index contributed by atoms with van der Waals surface area (Å²) in [4.78, 5) is 45.0. The van der Waals surface area contributed by atoms with Crippen LogP contribution in [0, 0.1) is 82.9 Å². The summed E-state index contributed by atoms with van der Waals surface area (Å²) in [7, 11) is 0. The molecule has 3 saturated carbocycles. The van der Waals surface area contributed by atoms with Gasteiger partial charge in [0, 0.05) is 29.2 Å². The summed E-state index contributed by atoms with van der Waals surface area (Å²) in [6.45, 7) is 38.8. The van der Waals surface area contributed by atoms with Gasteiger partial charge in [-0.2, -0.15) is 0 Å². The smallest absolute Gasteiger partial charge is 0.220 e. The fraction of sp³-hybridized carbons (Fsp3) is 0.480. The van der Waals surface area contributed by atoms with Crippen LogP contribution in [0.25, 0.3) is 0 Å². The molecular weight excluding hydrogens is 1440 g/mol. The van der Waals surface area contributed by atoms with E-state index in [0.717, 1.165) is 61.3 Å². The third-order valence-corrected chi connectivity index (χ3v) is 22.4. The maximum atomic E-state index is 11.6. The van der Waals surface area contributed by atoms with Crippen LogP contribution in [0.3, 0.4) is 0 Å². The molecule has 2 aromatic carbocycles. The van der Waals surface area contributed by atoms with Crippen molar-refractivity contribution in [1.82, 2.24) is 0 Å². The minimum atomic E-state index is -1.13. The standard InChI is InChI=1S/2C10H12Cl2O.2C10H12O2.5C8H12.C5H10.3C5H6/c1-5(2)6-3-4-7-8(6)9(13)10(7,11)12;1-5(2)6-3-4-7-8(6)10(11,12)9(7)13;1-7(2)8-3-5-9(11)10(12)6-4-8;1-7(2)8-5-3-4-6-9(11)10(8)12;5*1-7(2)8-5-3-4-6-8;4*1-2-4-5-3-1/h3-8H,1-2H3;3,5,7-8H,4H2,1-2H3;2*3-7H,1-2H3,(H,11,12);3,5-7H,4H2,1-2H3;2*3-5,7H,6H2,1-2H3;2*3-8H,1-2H3;1-5H2;3*1-4H,5H2. The van der Waals surface area contributed by atoms with Crippen molar-refractivity contribution in [2.75, 3.05) is 0 Å². The third-order valence-electron chi connectivity index (χ3n) is 20.7. The first-order valence-corrected chi connectivity index (χ1v) is 42.3. The SMILES string of the molecule is C1=CCC=C1.C1=CCC=C1.C1=CCC=C1.C1CCCC1.CC(C)C1=CC=CC1.CC(C)C1=CC=CC1.CC(C)C1=CCC2C(=O)C(Cl)(Cl)C12.CC(C)C1=CCC=C1.CC(C)C1C=CC2C1C(=O)C2(Cl)Cl.CC(C)C1C=CC=C1.CC(C)C1C=CC=C1.CC(C)c1ccc(O)c(=O)cc1.CC(C)c1ccccc(=O)c1O. The molecular formula is C100H136Cl4O6. The van der Waals surface area contributed by atoms with Crippen molar-refractivity contribution in [3.63, 3.8) is 0 Å². The molecule has 0 spiro atoms. The van der Waals surface area contributed by atoms with Crippen LogP contribution in [0.1, 0.15) is 225 Å². The number of halogens is 4. The van der Waals surface area contributed by atoms with E-state index in [-0.39, 0.29) is 63.5 Å². The van der Waals surface area contributed by atoms with Crippen molar-refractivity contribution in [2.24, 2.45) is 82.9 Å². The molecule has 2 aromatic rings. The summed E-state index contributed by atoms with van der Waals surface area (Å²) in [6, 6.07) is 12.9. The van der Waals surface area contributed by atoms with Gasteiger partial charge < -0.3 is 10.2 Å². The van der Waals surface area contributed by atoms with Crippen LogP contribution in [0.2, 0.25) is 0 Å². The number of Topliss-reactive ketones (excluding diaryl/α,β-unsaturated/α-hetero) is 2. The van der Waals surface area contributed by atoms with E-state index in [4.69, 9.17) is 51.5 Å². The molecule has 0 aromatic heterocycles. The average Bonchev–Trinajstić information content (AvgIpc) is 1.57. The maximum Gasteiger partial charge on any atom is 0.220 e. The Bertz CT molecular complexity index is 3660. The zero-order chi connectivity index (χ0) is 81.9. The second kappa shape index (κ2) is 52.5. The minimum absolute atomic E-state index is 0.00420. The lowest BCUT2D eigenvalue weighted by atomic mass is 9.67. The number of carbonyl (C=O) groups is 2. The first-order valence-electron chi connectivity index (χ1n) is 40.8. The quantitative estimate of drug-likeness (QED) is 0.191. The van der Waals surface area contributed by atoms with E-state index in [1.165, 1.54) is 74.3 Å². The Kier molecular flexibility index (Phi) is 46.5. The molecule has 0 bridgehead atoms. The fourth-order valence-electron chi connectivity index (χ4n) is 13.3. The molecule has 6 nitrogen and oxygen atoms in total. The lowest BCUT2D eigenvalue weighted by molar-refractivity contribution is -0.135. The minimum Gasteiger partial charge on any atom is -0.504 e. The predicted molar refractivity (Wildman–Crippen MR) is 480 cm³/mol. The normalized spacial score (nSPS) is 21.4. The van der Waals surface area contributed by atoms with Crippen molar-refractivity contribution in [3.8, 4) is 11.5 Å². The van der Waals surface area contributed by atoms with Crippen LogP contribution in [-0.4, -0.2) is 30.4 Å². The summed E-state index contributed by atoms with van der Waals surface area (Å²) >= 11 is 23.7. The van der Waals surface area contributed by atoms with Crippen molar-refractivity contribution >= 4 is 58.0 Å². The van der Waals surface area contributed by atoms with Gasteiger partial charge in [-0.05, 0) is 145 Å². The monoisotopic (exact) mass is 1570 g/mol. The Balaban J connectivity index is 0.000000313. The highest BCUT2D eigenvalue weighted by Gasteiger charge is 2.64. The average molecular weight is 1580 g/mol. The Labute approximate surface area is 686 Å². The van der Waals surface area contributed by atoms with E-state index in [1.807, 2.05) is 33.8 Å². The molecule has 10 heteroatoms. The molecule has 13 aliphatic carbocycles. The first kappa shape index (κ1) is 97.4. The summed E-state index contributed by atoms with van der Waals surface area (Å²) in [5, 5.41) is 18.5. The van der Waals surface area contributed by atoms with Crippen molar-refractivity contribution < 1.29 is 19.8 Å². The van der Waals surface area contributed by atoms with E-state index in [2.05, 4.69) is 285 Å². The zero-order valence-corrected chi connectivity index (χ0v) is 72.9. The van der Waals surface area contributed by atoms with Crippen LogP contribution < -0.4 is 10.9 Å². The highest BCUT2D eigenvalue weighted by Crippen LogP contribution is 2.59. The molecule has 2 N–H and O–H groups in total. The summed E-state index contributed by atoms with van der Waals surface area (Å²) in [5.41, 5.74) is 6.97. The van der Waals surface area contributed by atoms with Gasteiger partial charge in [0.25, 0.3) is 0 Å². The van der Waals surface area contributed by atoms with Gasteiger partial charge in [0.2, 0.25) is 10.9 Å². The molecule has 15 rings (SSSR count). The van der Waals surface area contributed by atoms with Crippen LogP contribution in [0.5, 0.6) is 11.5 Å². The highest BCUT2D eigenvalue weighted by atomic mass is 35.5. The maximum absolute atomic E-state index is 11.6. The second-order valence-corrected chi connectivity index (χ2v) is 35.1. The molecule has 600 valence electrons. The van der Waals surface area contributed by atoms with Gasteiger partial charge in [0.15, 0.2) is 31.7 Å². The number of hydrogen-bond acceptors (Lipinski definition) is 6. The Morgan fingerprint density at radius 2 is 0.855 bits per heavy atom. The van der Waals surface area contributed by atoms with Gasteiger partial charge in [-0.25, -0.2) is 0 Å². The van der Waals surface area contributed by atoms with E-state index in [1.54, 1.807) is 41.5 Å². The summed E-state index contributed by atoms with van der Waals surface area (Å²) < 4.78 is -2.26. The number of ketones is 2. The van der Waals surface area contributed by atoms with Crippen LogP contribution in [-0.2, 0) is 9.59 Å². The second-order valence-electron chi connectivity index (χ2n) is 32.3. The fourth-order valence-corrected chi connectivity index (χ4v) is 14.8. The van der Waals surface area contributed by atoms with Gasteiger partial charge >= 0.3 is 0 Å². The first-order chi connectivity index (χ1) is 52.2. The van der Waals surface area contributed by atoms with E-state index in [9.17, 15) is 24.3 Å². The third kappa shape index (κ3) is 34.7. The van der Waals surface area contributed by atoms with E-state index >= 15 is 0 Å². The molecule has 0 aliphatic heterocycles. The lowest BCUT2D eigenvalue weighted by Crippen LogP contribution is -2.56. The van der Waals surface area contributed by atoms with Gasteiger partial charge in [0.1, 0.15) is 0 Å². The number of carbonyl (C=O) groups excluding carboxylic acids is 2. The molecule has 5 atom stereocenters. The molecule has 5 unspecified atom stereocenters. The Morgan fingerprint density at radius 1 is 0.400 bits per heavy atom. The van der Waals surface area contributed by atoms with Crippen LogP contribution in [0.15, 0.2) is 275 Å². The van der Waals surface area contributed by atoms with E-state index in [0.29, 0.717) is 47.0 Å². The van der Waals surface area contributed by atoms with Gasteiger partial charge in [-0.3, -0.25) is 19.2 Å². The van der Waals surface area contributed by atoms with Crippen molar-refractivity contribution in [1.29, 1.82) is 0 Å². The Hall–Kier alpha value is -6.80. The highest BCUT2D eigenvalue weighted by molar-refractivity contribution is 6.61. The van der Waals surface area contributed by atoms with Crippen LogP contribution in [0.4, 0.5) is 0 Å². The van der Waals surface area contributed by atoms with Crippen LogP contribution >= 0.6 is 46.4 Å². The number of allylic oxidation sites excluding steroid dienone is 36. The topological polar surface area (TPSA) is 109 Å². The van der Waals surface area contributed by atoms with E-state index < -0.39 is 8.67 Å². The number of rotatable bonds is 9. The van der Waals surface area contributed by atoms with Crippen molar-refractivity contribution in [3.05, 3.63) is 297 Å². The van der Waals surface area contributed by atoms with Gasteiger partial charge in [0.05, 0.1) is 0 Å². The molecule has 0 saturated heterocycles. The molecule has 0 radical (unpaired) electrons. The number of aromatic hydroxyl groups is 2. The summed E-state index contributed by atoms with van der Waals surface area (Å²) in [5.74, 6) is 6.91. The number of alkyl halides is 4. The lowest BCUT2D eigenvalue weighted by Gasteiger charge is -2.44. The molecule has 0 amide bonds. The summed E-state index contributed by atoms with van der Waals surface area (Å²) in [6.07, 6.45) is 83.8. The molecule has 110 heavy (non-hydrogen) atoms. The number of hydrogen-bond donors (Lipinski definition) is 2. The van der Waals surface area contributed by atoms with Gasteiger partial charge in [-0.1, -0.05) is 445 Å². The van der Waals surface area contributed by atoms with Crippen molar-refractivity contribution in [2.45, 2.75) is 222 Å². The molecule has 0 heterocycles. The largest absolute Gasteiger partial charge is 0.504 e. The van der Waals surface area contributed by atoms with Gasteiger partial charge in [-0.15, -0.1) is 0 Å². The molecule has 13 aliphatic rings. The zero-order valence-electron chi connectivity index (χ0n) is 69.9. The molecule has 3 fully saturated rings. The number of fused-ring (bicyclic) bond motifs is 2. The Morgan fingerprint density at radius 3 is 1.18 bits per heavy atom.